The van der Waals surface area contributed by atoms with Gasteiger partial charge < -0.3 is 5.73 Å². The Morgan fingerprint density at radius 3 is 2.53 bits per heavy atom. The van der Waals surface area contributed by atoms with Crippen LogP contribution in [0.5, 0.6) is 0 Å². The van der Waals surface area contributed by atoms with Gasteiger partial charge in [-0.15, -0.1) is 0 Å². The number of halogens is 1. The highest BCUT2D eigenvalue weighted by molar-refractivity contribution is 6.30. The van der Waals surface area contributed by atoms with Crippen molar-refractivity contribution in [3.05, 3.63) is 34.3 Å². The first-order valence-electron chi connectivity index (χ1n) is 5.55. The minimum atomic E-state index is 0.109. The predicted molar refractivity (Wildman–Crippen MR) is 67.2 cm³/mol. The fourth-order valence-electron chi connectivity index (χ4n) is 1.71. The molecule has 0 spiro atoms. The van der Waals surface area contributed by atoms with Crippen LogP contribution in [0.15, 0.2) is 18.2 Å². The van der Waals surface area contributed by atoms with Crippen LogP contribution in [-0.4, -0.2) is 0 Å². The summed E-state index contributed by atoms with van der Waals surface area (Å²) in [6.07, 6.45) is 2.20. The van der Waals surface area contributed by atoms with Gasteiger partial charge >= 0.3 is 0 Å². The van der Waals surface area contributed by atoms with E-state index in [1.807, 2.05) is 19.1 Å². The maximum atomic E-state index is 6.15. The zero-order chi connectivity index (χ0) is 11.4. The Hall–Kier alpha value is -0.530. The number of aryl methyl sites for hydroxylation is 1. The Morgan fingerprint density at radius 2 is 2.00 bits per heavy atom. The van der Waals surface area contributed by atoms with Gasteiger partial charge in [0.2, 0.25) is 0 Å². The highest BCUT2D eigenvalue weighted by Gasteiger charge is 2.10. The van der Waals surface area contributed by atoms with E-state index in [9.17, 15) is 0 Å². The summed E-state index contributed by atoms with van der Waals surface area (Å²) >= 11 is 6.01. The molecule has 2 atom stereocenters. The van der Waals surface area contributed by atoms with Crippen LogP contribution < -0.4 is 5.73 Å². The van der Waals surface area contributed by atoms with Gasteiger partial charge in [-0.25, -0.2) is 0 Å². The van der Waals surface area contributed by atoms with E-state index in [4.69, 9.17) is 17.3 Å². The highest BCUT2D eigenvalue weighted by Crippen LogP contribution is 2.24. The lowest BCUT2D eigenvalue weighted by atomic mass is 9.94. The van der Waals surface area contributed by atoms with Crippen molar-refractivity contribution in [3.63, 3.8) is 0 Å². The number of hydrogen-bond donors (Lipinski definition) is 1. The molecule has 0 fully saturated rings. The number of hydrogen-bond acceptors (Lipinski definition) is 1. The topological polar surface area (TPSA) is 26.0 Å². The first kappa shape index (κ1) is 12.5. The lowest BCUT2D eigenvalue weighted by molar-refractivity contribution is 0.461. The molecule has 2 unspecified atom stereocenters. The molecule has 0 saturated heterocycles. The summed E-state index contributed by atoms with van der Waals surface area (Å²) in [5.41, 5.74) is 8.48. The molecule has 0 amide bonds. The summed E-state index contributed by atoms with van der Waals surface area (Å²) in [7, 11) is 0. The van der Waals surface area contributed by atoms with Gasteiger partial charge in [0.05, 0.1) is 0 Å². The van der Waals surface area contributed by atoms with Gasteiger partial charge in [-0.1, -0.05) is 37.9 Å². The van der Waals surface area contributed by atoms with Crippen molar-refractivity contribution in [2.24, 2.45) is 11.7 Å². The molecule has 0 saturated carbocycles. The van der Waals surface area contributed by atoms with Gasteiger partial charge in [0, 0.05) is 11.1 Å². The van der Waals surface area contributed by atoms with Gasteiger partial charge in [0.25, 0.3) is 0 Å². The van der Waals surface area contributed by atoms with Crippen molar-refractivity contribution in [1.29, 1.82) is 0 Å². The summed E-state index contributed by atoms with van der Waals surface area (Å²) in [6, 6.07) is 6.17. The minimum Gasteiger partial charge on any atom is -0.324 e. The average molecular weight is 226 g/mol. The van der Waals surface area contributed by atoms with Gasteiger partial charge in [-0.3, -0.25) is 0 Å². The van der Waals surface area contributed by atoms with Crippen molar-refractivity contribution in [3.8, 4) is 0 Å². The van der Waals surface area contributed by atoms with Crippen LogP contribution in [0.1, 0.15) is 43.9 Å². The Labute approximate surface area is 97.6 Å². The Morgan fingerprint density at radius 1 is 1.33 bits per heavy atom. The summed E-state index contributed by atoms with van der Waals surface area (Å²) in [5.74, 6) is 0.666. The second-order valence-electron chi connectivity index (χ2n) is 4.42. The van der Waals surface area contributed by atoms with Gasteiger partial charge in [0.15, 0.2) is 0 Å². The number of rotatable bonds is 4. The van der Waals surface area contributed by atoms with Crippen LogP contribution >= 0.6 is 11.6 Å². The van der Waals surface area contributed by atoms with Crippen LogP contribution in [0.2, 0.25) is 5.02 Å². The molecule has 0 heterocycles. The van der Waals surface area contributed by atoms with Crippen LogP contribution in [0.25, 0.3) is 0 Å². The molecule has 0 aliphatic heterocycles. The fourth-order valence-corrected chi connectivity index (χ4v) is 2.01. The molecule has 84 valence electrons. The standard InChI is InChI=1S/C13H20ClN/c1-4-9(2)7-13(15)11-5-10(3)6-12(14)8-11/h5-6,8-9,13H,4,7,15H2,1-3H3. The van der Waals surface area contributed by atoms with Crippen molar-refractivity contribution in [1.82, 2.24) is 0 Å². The third-order valence-electron chi connectivity index (χ3n) is 2.85. The van der Waals surface area contributed by atoms with E-state index in [0.717, 1.165) is 17.0 Å². The zero-order valence-electron chi connectivity index (χ0n) is 9.76. The molecule has 1 nitrogen and oxygen atoms in total. The molecule has 1 aromatic carbocycles. The molecule has 1 rings (SSSR count). The van der Waals surface area contributed by atoms with Crippen molar-refractivity contribution in [2.75, 3.05) is 0 Å². The first-order chi connectivity index (χ1) is 7.02. The van der Waals surface area contributed by atoms with Gasteiger partial charge in [-0.05, 0) is 42.5 Å². The normalized spacial score (nSPS) is 15.0. The molecule has 2 heteroatoms. The van der Waals surface area contributed by atoms with Gasteiger partial charge in [-0.2, -0.15) is 0 Å². The molecule has 1 aromatic rings. The zero-order valence-corrected chi connectivity index (χ0v) is 10.5. The maximum absolute atomic E-state index is 6.15. The monoisotopic (exact) mass is 225 g/mol. The third-order valence-corrected chi connectivity index (χ3v) is 3.06. The lowest BCUT2D eigenvalue weighted by Gasteiger charge is -2.17. The molecule has 0 aliphatic rings. The molecule has 0 radical (unpaired) electrons. The quantitative estimate of drug-likeness (QED) is 0.821. The maximum Gasteiger partial charge on any atom is 0.0411 e. The number of nitrogens with two attached hydrogens (primary N) is 1. The molecular formula is C13H20ClN. The van der Waals surface area contributed by atoms with E-state index in [0.29, 0.717) is 5.92 Å². The molecule has 2 N–H and O–H groups in total. The summed E-state index contributed by atoms with van der Waals surface area (Å²) in [6.45, 7) is 6.48. The lowest BCUT2D eigenvalue weighted by Crippen LogP contribution is -2.14. The molecule has 15 heavy (non-hydrogen) atoms. The largest absolute Gasteiger partial charge is 0.324 e. The fraction of sp³-hybridized carbons (Fsp3) is 0.538. The molecular weight excluding hydrogens is 206 g/mol. The Bertz CT molecular complexity index is 302. The average Bonchev–Trinajstić information content (AvgIpc) is 2.16. The van der Waals surface area contributed by atoms with Crippen LogP contribution in [0.4, 0.5) is 0 Å². The van der Waals surface area contributed by atoms with E-state index < -0.39 is 0 Å². The molecule has 0 aromatic heterocycles. The first-order valence-corrected chi connectivity index (χ1v) is 5.93. The van der Waals surface area contributed by atoms with E-state index >= 15 is 0 Å². The second-order valence-corrected chi connectivity index (χ2v) is 4.85. The summed E-state index contributed by atoms with van der Waals surface area (Å²) < 4.78 is 0. The predicted octanol–water partition coefficient (Wildman–Crippen LogP) is 4.08. The summed E-state index contributed by atoms with van der Waals surface area (Å²) in [5, 5.41) is 0.782. The Kier molecular flexibility index (Phi) is 4.62. The van der Waals surface area contributed by atoms with E-state index in [1.165, 1.54) is 12.0 Å². The highest BCUT2D eigenvalue weighted by atomic mass is 35.5. The van der Waals surface area contributed by atoms with Crippen LogP contribution in [-0.2, 0) is 0 Å². The smallest absolute Gasteiger partial charge is 0.0411 e. The van der Waals surface area contributed by atoms with Gasteiger partial charge in [0.1, 0.15) is 0 Å². The molecule has 0 bridgehead atoms. The van der Waals surface area contributed by atoms with Crippen LogP contribution in [0.3, 0.4) is 0 Å². The third kappa shape index (κ3) is 3.84. The Balaban J connectivity index is 2.77. The van der Waals surface area contributed by atoms with Crippen molar-refractivity contribution >= 4 is 11.6 Å². The van der Waals surface area contributed by atoms with E-state index in [-0.39, 0.29) is 6.04 Å². The summed E-state index contributed by atoms with van der Waals surface area (Å²) in [4.78, 5) is 0. The van der Waals surface area contributed by atoms with Crippen molar-refractivity contribution in [2.45, 2.75) is 39.7 Å². The second kappa shape index (κ2) is 5.53. The van der Waals surface area contributed by atoms with Crippen LogP contribution in [0, 0.1) is 12.8 Å². The van der Waals surface area contributed by atoms with E-state index in [2.05, 4.69) is 19.9 Å². The van der Waals surface area contributed by atoms with E-state index in [1.54, 1.807) is 0 Å². The molecule has 0 aliphatic carbocycles. The number of benzene rings is 1. The SMILES string of the molecule is CCC(C)CC(N)c1cc(C)cc(Cl)c1. The van der Waals surface area contributed by atoms with Crippen molar-refractivity contribution < 1.29 is 0 Å². The minimum absolute atomic E-state index is 0.109.